The Kier molecular flexibility index (Phi) is 22.4. The summed E-state index contributed by atoms with van der Waals surface area (Å²) in [6, 6.07) is 188. The fraction of sp³-hybridized carbons (Fsp3) is 0. The van der Waals surface area contributed by atoms with Crippen molar-refractivity contribution in [2.45, 2.75) is 0 Å². The third kappa shape index (κ3) is 16.4. The van der Waals surface area contributed by atoms with Gasteiger partial charge in [-0.05, 0) is 342 Å². The first-order valence-electron chi connectivity index (χ1n) is 48.7. The molecule has 3 heterocycles. The summed E-state index contributed by atoms with van der Waals surface area (Å²) in [5.74, 6) is 0. The molecule has 27 rings (SSSR count). The zero-order chi connectivity index (χ0) is 94.2. The van der Waals surface area contributed by atoms with Crippen LogP contribution >= 0.6 is 0 Å². The second kappa shape index (κ2) is 37.4. The minimum Gasteiger partial charge on any atom is -0.265 e. The van der Waals surface area contributed by atoms with Gasteiger partial charge in [-0.1, -0.05) is 437 Å². The largest absolute Gasteiger partial charge is 0.265 e. The lowest BCUT2D eigenvalue weighted by Crippen LogP contribution is -1.92. The van der Waals surface area contributed by atoms with Crippen molar-refractivity contribution < 1.29 is 0 Å². The fourth-order valence-electron chi connectivity index (χ4n) is 21.4. The van der Waals surface area contributed by atoms with Crippen molar-refractivity contribution in [3.8, 4) is 156 Å². The molecule has 3 aromatic heterocycles. The lowest BCUT2D eigenvalue weighted by molar-refractivity contribution is 1.33. The number of hydrogen-bond donors (Lipinski definition) is 0. The van der Waals surface area contributed by atoms with Crippen molar-refractivity contribution in [2.24, 2.45) is 0 Å². The summed E-state index contributed by atoms with van der Waals surface area (Å²) in [7, 11) is 0. The fourth-order valence-corrected chi connectivity index (χ4v) is 21.4. The molecule has 3 nitrogen and oxygen atoms in total. The molecule has 0 aliphatic heterocycles. The number of aromatic nitrogens is 3. The van der Waals surface area contributed by atoms with E-state index in [4.69, 9.17) is 0 Å². The van der Waals surface area contributed by atoms with E-state index in [1.54, 1.807) is 0 Å². The molecule has 0 aliphatic rings. The Bertz CT molecular complexity index is 9120. The van der Waals surface area contributed by atoms with Crippen LogP contribution in [-0.2, 0) is 0 Å². The van der Waals surface area contributed by atoms with E-state index in [1.165, 1.54) is 258 Å². The second-order valence-electron chi connectivity index (χ2n) is 36.7. The van der Waals surface area contributed by atoms with Gasteiger partial charge in [0.2, 0.25) is 0 Å². The maximum Gasteiger partial charge on any atom is 0.0273 e. The van der Waals surface area contributed by atoms with E-state index >= 15 is 0 Å². The normalized spacial score (nSPS) is 11.4. The van der Waals surface area contributed by atoms with E-state index in [0.717, 1.165) is 5.56 Å². The van der Waals surface area contributed by atoms with E-state index in [0.29, 0.717) is 0 Å². The Morgan fingerprint density at radius 3 is 0.500 bits per heavy atom. The smallest absolute Gasteiger partial charge is 0.0273 e. The van der Waals surface area contributed by atoms with Gasteiger partial charge in [0.25, 0.3) is 0 Å². The number of pyridine rings is 3. The maximum atomic E-state index is 4.21. The van der Waals surface area contributed by atoms with E-state index in [-0.39, 0.29) is 0 Å². The van der Waals surface area contributed by atoms with E-state index in [9.17, 15) is 0 Å². The van der Waals surface area contributed by atoms with Crippen molar-refractivity contribution in [2.75, 3.05) is 0 Å². The van der Waals surface area contributed by atoms with Crippen LogP contribution in [0.4, 0.5) is 0 Å². The molecule has 24 aromatic carbocycles. The molecule has 0 aliphatic carbocycles. The van der Waals surface area contributed by atoms with Crippen molar-refractivity contribution in [3.05, 3.63) is 553 Å². The summed E-state index contributed by atoms with van der Waals surface area (Å²) < 4.78 is 0. The molecule has 0 fully saturated rings. The molecule has 0 saturated carbocycles. The van der Waals surface area contributed by atoms with Gasteiger partial charge in [0.05, 0.1) is 0 Å². The summed E-state index contributed by atoms with van der Waals surface area (Å²) in [5, 5.41) is 25.1. The van der Waals surface area contributed by atoms with Crippen LogP contribution in [0.15, 0.2) is 553 Å². The molecule has 0 bridgehead atoms. The average Bonchev–Trinajstić information content (AvgIpc) is 0.734. The zero-order valence-corrected chi connectivity index (χ0v) is 77.9. The highest BCUT2D eigenvalue weighted by atomic mass is 14.6. The monoisotopic (exact) mass is 1800 g/mol. The number of benzene rings is 24. The predicted octanol–water partition coefficient (Wildman–Crippen LogP) is 38.1. The third-order valence-corrected chi connectivity index (χ3v) is 28.5. The number of rotatable bonds is 14. The highest BCUT2D eigenvalue weighted by molar-refractivity contribution is 6.26. The predicted molar refractivity (Wildman–Crippen MR) is 604 cm³/mol. The van der Waals surface area contributed by atoms with Crippen LogP contribution in [0, 0.1) is 0 Å². The lowest BCUT2D eigenvalue weighted by Gasteiger charge is -2.19. The molecule has 3 heteroatoms. The molecule has 0 saturated heterocycles. The molecule has 0 radical (unpaired) electrons. The molecule has 142 heavy (non-hydrogen) atoms. The first-order chi connectivity index (χ1) is 70.4. The van der Waals surface area contributed by atoms with Gasteiger partial charge >= 0.3 is 0 Å². The van der Waals surface area contributed by atoms with Gasteiger partial charge in [-0.15, -0.1) is 0 Å². The van der Waals surface area contributed by atoms with E-state index in [2.05, 4.69) is 531 Å². The van der Waals surface area contributed by atoms with Crippen molar-refractivity contribution in [3.63, 3.8) is 0 Å². The number of fused-ring (bicyclic) bond motifs is 10. The standard InChI is InChI=1S/C57H37N.2C41H27N/c1-3-9-47-35-49(27-21-38(47)7-1)41-17-23-45(24-18-41)56-52-11-5-6-12-53(52)57(46-25-19-42(20-26-46)50-28-22-39-8-2-4-10-48(39)36-50)55-37-51(29-30-54(55)56)43-15-13-40(14-16-43)44-31-33-58-34-32-44;2*1-2-9-32(10-3-1)40-36-12-6-7-13-37(36)41(35-19-18-28-8-4-5-11-33(28)26-35)39-27-34(20-21-38(39)40)30-16-14-29(15-17-30)31-22-24-42-25-23-31/h1-37H;2*1-27H. The first kappa shape index (κ1) is 85.0. The molecule has 0 unspecified atom stereocenters. The quantitative estimate of drug-likeness (QED) is 0.102. The molecular weight excluding hydrogens is 1710 g/mol. The Hall–Kier alpha value is -18.7. The van der Waals surface area contributed by atoms with Crippen LogP contribution in [0.3, 0.4) is 0 Å². The molecule has 0 amide bonds. The maximum absolute atomic E-state index is 4.21. The van der Waals surface area contributed by atoms with Crippen LogP contribution in [0.5, 0.6) is 0 Å². The van der Waals surface area contributed by atoms with Crippen LogP contribution in [0.25, 0.3) is 264 Å². The van der Waals surface area contributed by atoms with Gasteiger partial charge in [0.1, 0.15) is 0 Å². The molecule has 0 atom stereocenters. The van der Waals surface area contributed by atoms with Crippen LogP contribution in [0.2, 0.25) is 0 Å². The van der Waals surface area contributed by atoms with E-state index < -0.39 is 0 Å². The summed E-state index contributed by atoms with van der Waals surface area (Å²) in [5.41, 5.74) is 34.1. The first-order valence-corrected chi connectivity index (χ1v) is 48.7. The molecular formula is C139H91N3. The third-order valence-electron chi connectivity index (χ3n) is 28.5. The lowest BCUT2D eigenvalue weighted by atomic mass is 9.84. The Morgan fingerprint density at radius 2 is 0.239 bits per heavy atom. The topological polar surface area (TPSA) is 38.7 Å². The van der Waals surface area contributed by atoms with Gasteiger partial charge in [0, 0.05) is 37.2 Å². The minimum absolute atomic E-state index is 1.16. The van der Waals surface area contributed by atoms with E-state index in [1.807, 2.05) is 37.2 Å². The SMILES string of the molecule is c1ccc(-c2c3ccccc3c(-c3ccc4ccccc4c3)c3cc(-c4ccc(-c5ccncc5)cc4)ccc23)cc1.c1ccc(-c2c3ccccc3c(-c3ccc4ccccc4c3)c3cc(-c4ccc(-c5ccncc5)cc4)ccc23)cc1.c1ccc2cc(-c3ccc(-c4c5ccccc5c(-c5ccc(-c6ccc7ccccc7c6)cc5)c5cc(-c6ccc(-c7ccncc7)cc6)ccc45)cc3)ccc2c1. The number of hydrogen-bond acceptors (Lipinski definition) is 3. The van der Waals surface area contributed by atoms with Gasteiger partial charge < -0.3 is 0 Å². The van der Waals surface area contributed by atoms with Gasteiger partial charge in [-0.2, -0.15) is 0 Å². The van der Waals surface area contributed by atoms with Crippen molar-refractivity contribution in [1.82, 2.24) is 15.0 Å². The van der Waals surface area contributed by atoms with Crippen LogP contribution in [0.1, 0.15) is 0 Å². The molecule has 0 spiro atoms. The van der Waals surface area contributed by atoms with Gasteiger partial charge in [-0.25, -0.2) is 0 Å². The van der Waals surface area contributed by atoms with Gasteiger partial charge in [-0.3, -0.25) is 15.0 Å². The zero-order valence-electron chi connectivity index (χ0n) is 77.9. The highest BCUT2D eigenvalue weighted by Crippen LogP contribution is 2.51. The number of nitrogens with zero attached hydrogens (tertiary/aromatic N) is 3. The summed E-state index contributed by atoms with van der Waals surface area (Å²) in [4.78, 5) is 12.5. The average molecular weight is 1800 g/mol. The Labute approximate surface area is 825 Å². The van der Waals surface area contributed by atoms with Crippen molar-refractivity contribution >= 4 is 108 Å². The second-order valence-corrected chi connectivity index (χ2v) is 36.7. The molecule has 662 valence electrons. The summed E-state index contributed by atoms with van der Waals surface area (Å²) in [6.45, 7) is 0. The Morgan fingerprint density at radius 1 is 0.0845 bits per heavy atom. The summed E-state index contributed by atoms with van der Waals surface area (Å²) >= 11 is 0. The minimum atomic E-state index is 1.16. The Balaban J connectivity index is 0.000000114. The van der Waals surface area contributed by atoms with Crippen molar-refractivity contribution in [1.29, 1.82) is 0 Å². The van der Waals surface area contributed by atoms with Crippen LogP contribution < -0.4 is 0 Å². The highest BCUT2D eigenvalue weighted by Gasteiger charge is 2.24. The van der Waals surface area contributed by atoms with Crippen LogP contribution in [-0.4, -0.2) is 15.0 Å². The molecule has 0 N–H and O–H groups in total. The van der Waals surface area contributed by atoms with Gasteiger partial charge in [0.15, 0.2) is 0 Å². The molecule has 27 aromatic rings. The summed E-state index contributed by atoms with van der Waals surface area (Å²) in [6.07, 6.45) is 11.1.